The first-order chi connectivity index (χ1) is 9.48. The Balaban J connectivity index is 2.35. The summed E-state index contributed by atoms with van der Waals surface area (Å²) in [6.07, 6.45) is -15.3. The maximum absolute atomic E-state index is 12.4. The Morgan fingerprint density at radius 1 is 1.14 bits per heavy atom. The van der Waals surface area contributed by atoms with Crippen molar-refractivity contribution in [2.24, 2.45) is 0 Å². The Labute approximate surface area is 113 Å². The van der Waals surface area contributed by atoms with E-state index in [-0.39, 0.29) is 12.1 Å². The van der Waals surface area contributed by atoms with Crippen molar-refractivity contribution in [3.8, 4) is 5.75 Å². The van der Waals surface area contributed by atoms with E-state index in [0.717, 1.165) is 12.1 Å². The Bertz CT molecular complexity index is 567. The second kappa shape index (κ2) is 4.71. The predicted octanol–water partition coefficient (Wildman–Crippen LogP) is 2.64. The maximum Gasteiger partial charge on any atom is 0.434 e. The number of nitrogens with one attached hydrogen (secondary N) is 1. The fraction of sp³-hybridized carbons (Fsp3) is 0.364. The monoisotopic (exact) mass is 314 g/mol. The van der Waals surface area contributed by atoms with E-state index in [9.17, 15) is 31.1 Å². The summed E-state index contributed by atoms with van der Waals surface area (Å²) in [6.45, 7) is 0. The molecular formula is C11H8F6N2O2. The first-order valence-electron chi connectivity index (χ1n) is 5.51. The molecule has 3 N–H and O–H groups in total. The molecule has 0 bridgehead atoms. The molecule has 1 aromatic carbocycles. The average molecular weight is 314 g/mol. The second-order valence-corrected chi connectivity index (χ2v) is 4.35. The molecule has 0 saturated heterocycles. The highest BCUT2D eigenvalue weighted by atomic mass is 19.4. The van der Waals surface area contributed by atoms with Crippen LogP contribution in [0.15, 0.2) is 12.1 Å². The van der Waals surface area contributed by atoms with Crippen LogP contribution < -0.4 is 15.8 Å². The SMILES string of the molecule is Nc1cc2c(cc1OC(C(F)(F)F)C(F)(F)F)NC(=O)C2. The van der Waals surface area contributed by atoms with Crippen molar-refractivity contribution in [1.29, 1.82) is 0 Å². The largest absolute Gasteiger partial charge is 0.469 e. The van der Waals surface area contributed by atoms with Gasteiger partial charge >= 0.3 is 12.4 Å². The van der Waals surface area contributed by atoms with Crippen LogP contribution in [0.4, 0.5) is 37.7 Å². The summed E-state index contributed by atoms with van der Waals surface area (Å²) in [7, 11) is 0. The number of fused-ring (bicyclic) bond motifs is 1. The summed E-state index contributed by atoms with van der Waals surface area (Å²) in [6, 6.07) is 1.95. The molecule has 10 heteroatoms. The first-order valence-corrected chi connectivity index (χ1v) is 5.51. The van der Waals surface area contributed by atoms with Gasteiger partial charge in [0, 0.05) is 11.8 Å². The van der Waals surface area contributed by atoms with E-state index in [1.807, 2.05) is 0 Å². The number of rotatable bonds is 2. The molecule has 0 atom stereocenters. The summed E-state index contributed by atoms with van der Waals surface area (Å²) in [5.74, 6) is -1.24. The van der Waals surface area contributed by atoms with Crippen molar-refractivity contribution in [2.75, 3.05) is 11.1 Å². The number of hydrogen-bond donors (Lipinski definition) is 2. The van der Waals surface area contributed by atoms with E-state index in [4.69, 9.17) is 5.73 Å². The molecule has 0 saturated carbocycles. The van der Waals surface area contributed by atoms with Crippen LogP contribution in [0, 0.1) is 0 Å². The van der Waals surface area contributed by atoms with Crippen LogP contribution in [0.25, 0.3) is 0 Å². The molecule has 0 fully saturated rings. The number of ether oxygens (including phenoxy) is 1. The van der Waals surface area contributed by atoms with Gasteiger partial charge in [0.1, 0.15) is 5.75 Å². The van der Waals surface area contributed by atoms with Crippen molar-refractivity contribution in [2.45, 2.75) is 24.9 Å². The van der Waals surface area contributed by atoms with E-state index in [2.05, 4.69) is 10.1 Å². The summed E-state index contributed by atoms with van der Waals surface area (Å²) in [4.78, 5) is 11.1. The van der Waals surface area contributed by atoms with Crippen LogP contribution in [-0.2, 0) is 11.2 Å². The van der Waals surface area contributed by atoms with Gasteiger partial charge in [-0.1, -0.05) is 0 Å². The number of hydrogen-bond acceptors (Lipinski definition) is 3. The van der Waals surface area contributed by atoms with Gasteiger partial charge < -0.3 is 15.8 Å². The highest BCUT2D eigenvalue weighted by Gasteiger charge is 2.59. The van der Waals surface area contributed by atoms with Crippen molar-refractivity contribution < 1.29 is 35.9 Å². The van der Waals surface area contributed by atoms with E-state index in [1.165, 1.54) is 0 Å². The molecule has 1 aliphatic rings. The highest BCUT2D eigenvalue weighted by Crippen LogP contribution is 2.40. The molecule has 1 aromatic rings. The molecule has 0 radical (unpaired) electrons. The van der Waals surface area contributed by atoms with Crippen molar-refractivity contribution >= 4 is 17.3 Å². The average Bonchev–Trinajstić information content (AvgIpc) is 2.61. The Hall–Kier alpha value is -2.13. The molecule has 1 amide bonds. The first kappa shape index (κ1) is 15.3. The Morgan fingerprint density at radius 3 is 2.24 bits per heavy atom. The molecule has 0 aliphatic carbocycles. The van der Waals surface area contributed by atoms with Gasteiger partial charge in [0.05, 0.1) is 12.1 Å². The van der Waals surface area contributed by atoms with Crippen molar-refractivity contribution in [1.82, 2.24) is 0 Å². The van der Waals surface area contributed by atoms with Crippen LogP contribution >= 0.6 is 0 Å². The van der Waals surface area contributed by atoms with Gasteiger partial charge in [-0.3, -0.25) is 4.79 Å². The third-order valence-corrected chi connectivity index (χ3v) is 2.70. The lowest BCUT2D eigenvalue weighted by Crippen LogP contribution is -2.46. The molecular weight excluding hydrogens is 306 g/mol. The lowest BCUT2D eigenvalue weighted by molar-refractivity contribution is -0.299. The zero-order valence-electron chi connectivity index (χ0n) is 10.1. The predicted molar refractivity (Wildman–Crippen MR) is 59.7 cm³/mol. The van der Waals surface area contributed by atoms with Gasteiger partial charge in [0.2, 0.25) is 5.91 Å². The number of anilines is 2. The summed E-state index contributed by atoms with van der Waals surface area (Å²) >= 11 is 0. The Kier molecular flexibility index (Phi) is 3.42. The molecule has 0 aromatic heterocycles. The maximum atomic E-state index is 12.4. The summed E-state index contributed by atoms with van der Waals surface area (Å²) in [5.41, 5.74) is 5.41. The smallest absolute Gasteiger partial charge is 0.434 e. The van der Waals surface area contributed by atoms with Gasteiger partial charge in [-0.05, 0) is 11.6 Å². The molecule has 4 nitrogen and oxygen atoms in total. The lowest BCUT2D eigenvalue weighted by Gasteiger charge is -2.24. The number of carbonyl (C=O) groups is 1. The minimum Gasteiger partial charge on any atom is -0.469 e. The lowest BCUT2D eigenvalue weighted by atomic mass is 10.1. The fourth-order valence-corrected chi connectivity index (χ4v) is 1.82. The Morgan fingerprint density at radius 2 is 1.71 bits per heavy atom. The molecule has 116 valence electrons. The third-order valence-electron chi connectivity index (χ3n) is 2.70. The van der Waals surface area contributed by atoms with Gasteiger partial charge in [0.25, 0.3) is 6.10 Å². The number of alkyl halides is 6. The zero-order valence-corrected chi connectivity index (χ0v) is 10.1. The topological polar surface area (TPSA) is 64.3 Å². The quantitative estimate of drug-likeness (QED) is 0.651. The number of nitrogen functional groups attached to an aromatic ring is 1. The number of benzene rings is 1. The van der Waals surface area contributed by atoms with Crippen LogP contribution in [0.1, 0.15) is 5.56 Å². The van der Waals surface area contributed by atoms with E-state index in [1.54, 1.807) is 0 Å². The number of carbonyl (C=O) groups excluding carboxylic acids is 1. The minimum absolute atomic E-state index is 0.0538. The third kappa shape index (κ3) is 3.14. The number of nitrogens with two attached hydrogens (primary N) is 1. The van der Waals surface area contributed by atoms with Crippen molar-refractivity contribution in [3.05, 3.63) is 17.7 Å². The van der Waals surface area contributed by atoms with Crippen LogP contribution in [0.3, 0.4) is 0 Å². The van der Waals surface area contributed by atoms with E-state index < -0.39 is 35.8 Å². The molecule has 0 spiro atoms. The van der Waals surface area contributed by atoms with Crippen LogP contribution in [0.2, 0.25) is 0 Å². The molecule has 1 aliphatic heterocycles. The van der Waals surface area contributed by atoms with E-state index in [0.29, 0.717) is 5.56 Å². The second-order valence-electron chi connectivity index (χ2n) is 4.35. The van der Waals surface area contributed by atoms with Gasteiger partial charge in [-0.25, -0.2) is 0 Å². The molecule has 21 heavy (non-hydrogen) atoms. The highest BCUT2D eigenvalue weighted by molar-refractivity contribution is 6.00. The van der Waals surface area contributed by atoms with Crippen LogP contribution in [0.5, 0.6) is 5.75 Å². The standard InChI is InChI=1S/C11H8F6N2O2/c12-10(13,14)9(11(15,16)17)21-7-3-6-4(1-5(7)18)2-8(20)19-6/h1,3,9H,2,18H2,(H,19,20). The normalized spacial score (nSPS) is 15.1. The van der Waals surface area contributed by atoms with Crippen molar-refractivity contribution in [3.63, 3.8) is 0 Å². The number of amides is 1. The zero-order chi connectivity index (χ0) is 16.0. The molecule has 2 rings (SSSR count). The minimum atomic E-state index is -5.65. The summed E-state index contributed by atoms with van der Waals surface area (Å²) < 4.78 is 78.5. The van der Waals surface area contributed by atoms with E-state index >= 15 is 0 Å². The fourth-order valence-electron chi connectivity index (χ4n) is 1.82. The number of halogens is 6. The molecule has 0 unspecified atom stereocenters. The van der Waals surface area contributed by atoms with Gasteiger partial charge in [0.15, 0.2) is 0 Å². The van der Waals surface area contributed by atoms with Crippen LogP contribution in [-0.4, -0.2) is 24.4 Å². The van der Waals surface area contributed by atoms with Gasteiger partial charge in [-0.2, -0.15) is 26.3 Å². The molecule has 1 heterocycles. The summed E-state index contributed by atoms with van der Waals surface area (Å²) in [5, 5.41) is 2.28. The van der Waals surface area contributed by atoms with Gasteiger partial charge in [-0.15, -0.1) is 0 Å².